The molecule has 2 fully saturated rings. The summed E-state index contributed by atoms with van der Waals surface area (Å²) in [4.78, 5) is 17.3. The molecule has 2 saturated heterocycles. The van der Waals surface area contributed by atoms with E-state index in [9.17, 15) is 14.3 Å². The molecule has 0 aliphatic carbocycles. The van der Waals surface area contributed by atoms with Crippen molar-refractivity contribution in [2.45, 2.75) is 37.3 Å². The van der Waals surface area contributed by atoms with Gasteiger partial charge in [-0.1, -0.05) is 30.3 Å². The molecule has 29 heavy (non-hydrogen) atoms. The Morgan fingerprint density at radius 2 is 1.76 bits per heavy atom. The lowest BCUT2D eigenvalue weighted by Gasteiger charge is -2.43. The van der Waals surface area contributed by atoms with Gasteiger partial charge in [-0.3, -0.25) is 4.79 Å². The highest BCUT2D eigenvalue weighted by Crippen LogP contribution is 2.36. The maximum Gasteiger partial charge on any atom is 0.247 e. The number of piperidine rings is 1. The van der Waals surface area contributed by atoms with E-state index in [1.165, 1.54) is 12.1 Å². The van der Waals surface area contributed by atoms with Gasteiger partial charge in [-0.15, -0.1) is 0 Å². The number of nitrogens with zero attached hydrogens (tertiary/aromatic N) is 2. The van der Waals surface area contributed by atoms with Crippen molar-refractivity contribution >= 4 is 11.6 Å². The van der Waals surface area contributed by atoms with Crippen LogP contribution in [0.15, 0.2) is 54.6 Å². The van der Waals surface area contributed by atoms with Crippen LogP contribution in [-0.4, -0.2) is 47.8 Å². The summed E-state index contributed by atoms with van der Waals surface area (Å²) in [5.74, 6) is -0.156. The number of rotatable bonds is 6. The molecule has 1 amide bonds. The second kappa shape index (κ2) is 8.51. The van der Waals surface area contributed by atoms with E-state index in [1.54, 1.807) is 12.1 Å². The average Bonchev–Trinajstić information content (AvgIpc) is 3.06. The van der Waals surface area contributed by atoms with Gasteiger partial charge in [-0.2, -0.15) is 0 Å². The van der Waals surface area contributed by atoms with Crippen molar-refractivity contribution in [1.82, 2.24) is 10.2 Å². The fourth-order valence-corrected chi connectivity index (χ4v) is 4.54. The smallest absolute Gasteiger partial charge is 0.247 e. The molecule has 2 N–H and O–H groups in total. The van der Waals surface area contributed by atoms with Gasteiger partial charge in [0.05, 0.1) is 12.8 Å². The number of hydrogen-bond donors (Lipinski definition) is 2. The predicted octanol–water partition coefficient (Wildman–Crippen LogP) is 3.07. The molecular weight excluding hydrogens is 369 g/mol. The Kier molecular flexibility index (Phi) is 5.83. The minimum Gasteiger partial charge on any atom is -0.388 e. The first-order chi connectivity index (χ1) is 14.1. The van der Waals surface area contributed by atoms with Gasteiger partial charge < -0.3 is 20.2 Å². The topological polar surface area (TPSA) is 55.8 Å². The highest BCUT2D eigenvalue weighted by Gasteiger charge is 2.50. The van der Waals surface area contributed by atoms with E-state index in [-0.39, 0.29) is 11.7 Å². The summed E-state index contributed by atoms with van der Waals surface area (Å²) in [7, 11) is 0. The maximum absolute atomic E-state index is 13.0. The number of carbonyl (C=O) groups excluding carboxylic acids is 1. The van der Waals surface area contributed by atoms with Gasteiger partial charge in [0.15, 0.2) is 0 Å². The lowest BCUT2D eigenvalue weighted by Crippen LogP contribution is -2.56. The molecule has 5 nitrogen and oxygen atoms in total. The maximum atomic E-state index is 13.0. The van der Waals surface area contributed by atoms with Crippen molar-refractivity contribution in [3.8, 4) is 0 Å². The Labute approximate surface area is 171 Å². The van der Waals surface area contributed by atoms with E-state index in [0.29, 0.717) is 13.1 Å². The van der Waals surface area contributed by atoms with Gasteiger partial charge in [-0.05, 0) is 62.1 Å². The molecule has 0 radical (unpaired) electrons. The molecule has 154 valence electrons. The molecule has 2 aliphatic heterocycles. The number of nitrogens with one attached hydrogen (secondary N) is 1. The second-order valence-corrected chi connectivity index (χ2v) is 8.01. The highest BCUT2D eigenvalue weighted by atomic mass is 19.1. The fraction of sp³-hybridized carbons (Fsp3) is 0.435. The number of carbonyl (C=O) groups is 1. The largest absolute Gasteiger partial charge is 0.388 e. The summed E-state index contributed by atoms with van der Waals surface area (Å²) in [5.41, 5.74) is 1.39. The zero-order valence-corrected chi connectivity index (χ0v) is 16.6. The molecule has 4 rings (SSSR count). The van der Waals surface area contributed by atoms with Gasteiger partial charge in [0.2, 0.25) is 5.91 Å². The van der Waals surface area contributed by atoms with Crippen molar-refractivity contribution in [2.24, 2.45) is 0 Å². The van der Waals surface area contributed by atoms with Crippen LogP contribution in [0.5, 0.6) is 0 Å². The zero-order valence-electron chi connectivity index (χ0n) is 16.6. The van der Waals surface area contributed by atoms with Crippen molar-refractivity contribution in [1.29, 1.82) is 0 Å². The number of aliphatic hydroxyl groups is 1. The number of hydrogen-bond acceptors (Lipinski definition) is 4. The minimum absolute atomic E-state index is 0.132. The normalized spacial score (nSPS) is 20.1. The van der Waals surface area contributed by atoms with Crippen LogP contribution in [0.25, 0.3) is 0 Å². The van der Waals surface area contributed by atoms with E-state index in [2.05, 4.69) is 27.2 Å². The van der Waals surface area contributed by atoms with Gasteiger partial charge in [0.25, 0.3) is 0 Å². The molecule has 1 spiro atoms. The average molecular weight is 397 g/mol. The molecule has 2 heterocycles. The van der Waals surface area contributed by atoms with Crippen molar-refractivity contribution in [2.75, 3.05) is 31.2 Å². The quantitative estimate of drug-likeness (QED) is 0.787. The lowest BCUT2D eigenvalue weighted by atomic mass is 9.85. The predicted molar refractivity (Wildman–Crippen MR) is 111 cm³/mol. The molecular formula is C23H28FN3O2. The Morgan fingerprint density at radius 3 is 2.45 bits per heavy atom. The van der Waals surface area contributed by atoms with Crippen LogP contribution in [-0.2, 0) is 4.79 Å². The molecule has 0 aromatic heterocycles. The van der Waals surface area contributed by atoms with E-state index >= 15 is 0 Å². The lowest BCUT2D eigenvalue weighted by molar-refractivity contribution is -0.125. The summed E-state index contributed by atoms with van der Waals surface area (Å²) in [6.07, 6.45) is 2.54. The Hall–Kier alpha value is -2.44. The number of aliphatic hydroxyl groups excluding tert-OH is 1. The zero-order chi connectivity index (χ0) is 20.3. The number of amides is 1. The van der Waals surface area contributed by atoms with Crippen LogP contribution in [0.1, 0.15) is 37.4 Å². The van der Waals surface area contributed by atoms with E-state index in [4.69, 9.17) is 0 Å². The summed E-state index contributed by atoms with van der Waals surface area (Å²) in [6, 6.07) is 16.2. The summed E-state index contributed by atoms with van der Waals surface area (Å²) in [5, 5.41) is 13.3. The van der Waals surface area contributed by atoms with Gasteiger partial charge in [0, 0.05) is 18.8 Å². The first-order valence-corrected chi connectivity index (χ1v) is 10.4. The van der Waals surface area contributed by atoms with Crippen LogP contribution < -0.4 is 10.2 Å². The number of para-hydroxylation sites is 1. The number of benzene rings is 2. The molecule has 6 heteroatoms. The van der Waals surface area contributed by atoms with E-state index < -0.39 is 11.6 Å². The monoisotopic (exact) mass is 397 g/mol. The third kappa shape index (κ3) is 4.14. The second-order valence-electron chi connectivity index (χ2n) is 8.01. The third-order valence-electron chi connectivity index (χ3n) is 6.29. The Balaban J connectivity index is 1.30. The van der Waals surface area contributed by atoms with Crippen molar-refractivity contribution in [3.63, 3.8) is 0 Å². The molecule has 2 aromatic rings. The van der Waals surface area contributed by atoms with Crippen molar-refractivity contribution < 1.29 is 14.3 Å². The van der Waals surface area contributed by atoms with Crippen LogP contribution in [0, 0.1) is 5.82 Å². The SMILES string of the molecule is O=C1NCN(c2ccccc2)C12CCN(CCCC(O)c1ccc(F)cc1)CC2. The van der Waals surface area contributed by atoms with Crippen LogP contribution in [0.2, 0.25) is 0 Å². The molecule has 0 saturated carbocycles. The Morgan fingerprint density at radius 1 is 1.07 bits per heavy atom. The van der Waals surface area contributed by atoms with Gasteiger partial charge in [-0.25, -0.2) is 4.39 Å². The minimum atomic E-state index is -0.569. The number of anilines is 1. The molecule has 1 atom stereocenters. The number of halogens is 1. The first-order valence-electron chi connectivity index (χ1n) is 10.4. The summed E-state index contributed by atoms with van der Waals surface area (Å²) < 4.78 is 13.0. The van der Waals surface area contributed by atoms with E-state index in [0.717, 1.165) is 50.1 Å². The van der Waals surface area contributed by atoms with Gasteiger partial charge >= 0.3 is 0 Å². The number of likely N-dealkylation sites (tertiary alicyclic amines) is 1. The molecule has 2 aromatic carbocycles. The third-order valence-corrected chi connectivity index (χ3v) is 6.29. The van der Waals surface area contributed by atoms with Crippen LogP contribution >= 0.6 is 0 Å². The van der Waals surface area contributed by atoms with Crippen LogP contribution in [0.4, 0.5) is 10.1 Å². The first kappa shape index (κ1) is 19.9. The standard InChI is InChI=1S/C23H28FN3O2/c24-19-10-8-18(9-11-19)21(28)7-4-14-26-15-12-23(13-16-26)22(29)25-17-27(23)20-5-2-1-3-6-20/h1-3,5-6,8-11,21,28H,4,7,12-17H2,(H,25,29). The van der Waals surface area contributed by atoms with E-state index in [1.807, 2.05) is 18.2 Å². The highest BCUT2D eigenvalue weighted by molar-refractivity contribution is 5.93. The fourth-order valence-electron chi connectivity index (χ4n) is 4.54. The van der Waals surface area contributed by atoms with Crippen LogP contribution in [0.3, 0.4) is 0 Å². The molecule has 2 aliphatic rings. The van der Waals surface area contributed by atoms with Gasteiger partial charge in [0.1, 0.15) is 11.4 Å². The van der Waals surface area contributed by atoms with Crippen molar-refractivity contribution in [3.05, 3.63) is 66.0 Å². The summed E-state index contributed by atoms with van der Waals surface area (Å²) in [6.45, 7) is 3.18. The molecule has 0 bridgehead atoms. The summed E-state index contributed by atoms with van der Waals surface area (Å²) >= 11 is 0. The molecule has 1 unspecified atom stereocenters. The Bertz CT molecular complexity index is 820.